The van der Waals surface area contributed by atoms with Crippen LogP contribution in [0.15, 0.2) is 23.1 Å². The fourth-order valence-corrected chi connectivity index (χ4v) is 2.53. The van der Waals surface area contributed by atoms with E-state index in [4.69, 9.17) is 0 Å². The maximum Gasteiger partial charge on any atom is 0.0964 e. The van der Waals surface area contributed by atoms with E-state index in [9.17, 15) is 0 Å². The number of thiol groups is 1. The molecule has 2 aromatic rings. The van der Waals surface area contributed by atoms with E-state index in [1.165, 1.54) is 9.71 Å². The van der Waals surface area contributed by atoms with Gasteiger partial charge in [0.15, 0.2) is 0 Å². The molecule has 0 aliphatic carbocycles. The summed E-state index contributed by atoms with van der Waals surface area (Å²) >= 11 is 6.14. The highest BCUT2D eigenvalue weighted by Crippen LogP contribution is 2.30. The Bertz CT molecular complexity index is 431. The molecule has 1 aromatic heterocycles. The van der Waals surface area contributed by atoms with E-state index < -0.39 is 0 Å². The second kappa shape index (κ2) is 3.31. The zero-order valence-electron chi connectivity index (χ0n) is 7.61. The molecule has 1 aromatic carbocycles. The van der Waals surface area contributed by atoms with E-state index in [1.54, 1.807) is 11.3 Å². The molecular formula is C10H11NS2. The Morgan fingerprint density at radius 3 is 2.77 bits per heavy atom. The van der Waals surface area contributed by atoms with Crippen molar-refractivity contribution >= 4 is 34.2 Å². The van der Waals surface area contributed by atoms with E-state index in [-0.39, 0.29) is 0 Å². The molecule has 1 heterocycles. The van der Waals surface area contributed by atoms with Crippen LogP contribution in [0.25, 0.3) is 10.2 Å². The molecule has 2 rings (SSSR count). The molecule has 0 saturated carbocycles. The van der Waals surface area contributed by atoms with Gasteiger partial charge in [-0.15, -0.1) is 24.0 Å². The third-order valence-corrected chi connectivity index (χ3v) is 3.59. The number of thiazole rings is 1. The molecule has 0 aliphatic heterocycles. The zero-order chi connectivity index (χ0) is 9.42. The minimum absolute atomic E-state index is 0.505. The van der Waals surface area contributed by atoms with Gasteiger partial charge in [0.1, 0.15) is 0 Å². The summed E-state index contributed by atoms with van der Waals surface area (Å²) < 4.78 is 1.23. The van der Waals surface area contributed by atoms with Crippen LogP contribution in [0, 0.1) is 0 Å². The Balaban J connectivity index is 2.68. The smallest absolute Gasteiger partial charge is 0.0964 e. The normalized spacial score (nSPS) is 11.4. The summed E-state index contributed by atoms with van der Waals surface area (Å²) in [6, 6.07) is 6.10. The Kier molecular flexibility index (Phi) is 2.30. The van der Waals surface area contributed by atoms with Crippen LogP contribution in [0.2, 0.25) is 0 Å². The molecule has 0 bridgehead atoms. The second-order valence-corrected chi connectivity index (χ2v) is 4.87. The van der Waals surface area contributed by atoms with Crippen LogP contribution in [0.5, 0.6) is 0 Å². The predicted molar refractivity (Wildman–Crippen MR) is 61.0 cm³/mol. The fraction of sp³-hybridized carbons (Fsp3) is 0.300. The summed E-state index contributed by atoms with van der Waals surface area (Å²) in [5, 5.41) is 1.19. The lowest BCUT2D eigenvalue weighted by Crippen LogP contribution is -1.83. The van der Waals surface area contributed by atoms with Crippen LogP contribution in [0.3, 0.4) is 0 Å². The number of para-hydroxylation sites is 1. The highest BCUT2D eigenvalue weighted by Gasteiger charge is 2.08. The first kappa shape index (κ1) is 9.03. The molecule has 0 amide bonds. The minimum atomic E-state index is 0.505. The van der Waals surface area contributed by atoms with Gasteiger partial charge in [-0.3, -0.25) is 0 Å². The lowest BCUT2D eigenvalue weighted by Gasteiger charge is -1.94. The minimum Gasteiger partial charge on any atom is -0.240 e. The van der Waals surface area contributed by atoms with Crippen molar-refractivity contribution in [3.63, 3.8) is 0 Å². The molecule has 0 aliphatic rings. The van der Waals surface area contributed by atoms with Gasteiger partial charge in [0, 0.05) is 10.8 Å². The highest BCUT2D eigenvalue weighted by molar-refractivity contribution is 7.80. The van der Waals surface area contributed by atoms with Crippen molar-refractivity contribution in [3.8, 4) is 0 Å². The van der Waals surface area contributed by atoms with E-state index in [1.807, 2.05) is 12.1 Å². The fourth-order valence-electron chi connectivity index (χ4n) is 1.20. The van der Waals surface area contributed by atoms with Crippen LogP contribution in [-0.2, 0) is 0 Å². The highest BCUT2D eigenvalue weighted by atomic mass is 32.1. The maximum absolute atomic E-state index is 4.55. The lowest BCUT2D eigenvalue weighted by atomic mass is 10.2. The van der Waals surface area contributed by atoms with E-state index in [0.717, 1.165) is 10.4 Å². The van der Waals surface area contributed by atoms with Crippen molar-refractivity contribution < 1.29 is 0 Å². The Morgan fingerprint density at radius 2 is 2.15 bits per heavy atom. The van der Waals surface area contributed by atoms with Crippen LogP contribution in [-0.4, -0.2) is 4.98 Å². The van der Waals surface area contributed by atoms with E-state index >= 15 is 0 Å². The van der Waals surface area contributed by atoms with Gasteiger partial charge in [0.05, 0.1) is 15.2 Å². The molecule has 0 radical (unpaired) electrons. The molecule has 0 fully saturated rings. The maximum atomic E-state index is 4.55. The average molecular weight is 209 g/mol. The predicted octanol–water partition coefficient (Wildman–Crippen LogP) is 3.71. The molecule has 0 spiro atoms. The monoisotopic (exact) mass is 209 g/mol. The van der Waals surface area contributed by atoms with Gasteiger partial charge in [0.2, 0.25) is 0 Å². The van der Waals surface area contributed by atoms with Crippen molar-refractivity contribution in [1.82, 2.24) is 4.98 Å². The number of rotatable bonds is 1. The molecule has 1 nitrogen and oxygen atoms in total. The summed E-state index contributed by atoms with van der Waals surface area (Å²) in [5.74, 6) is 0.505. The first-order chi connectivity index (χ1) is 6.18. The number of aromatic nitrogens is 1. The quantitative estimate of drug-likeness (QED) is 0.706. The van der Waals surface area contributed by atoms with Crippen molar-refractivity contribution in [2.24, 2.45) is 0 Å². The number of benzene rings is 1. The summed E-state index contributed by atoms with van der Waals surface area (Å²) in [4.78, 5) is 5.53. The van der Waals surface area contributed by atoms with Crippen molar-refractivity contribution in [1.29, 1.82) is 0 Å². The molecule has 13 heavy (non-hydrogen) atoms. The van der Waals surface area contributed by atoms with Crippen LogP contribution < -0.4 is 0 Å². The number of fused-ring (bicyclic) bond motifs is 1. The van der Waals surface area contributed by atoms with Gasteiger partial charge in [-0.1, -0.05) is 19.9 Å². The topological polar surface area (TPSA) is 12.9 Å². The summed E-state index contributed by atoms with van der Waals surface area (Å²) in [5.41, 5.74) is 1.04. The zero-order valence-corrected chi connectivity index (χ0v) is 9.32. The summed E-state index contributed by atoms with van der Waals surface area (Å²) in [6.07, 6.45) is 0. The first-order valence-electron chi connectivity index (χ1n) is 4.27. The van der Waals surface area contributed by atoms with Crippen molar-refractivity contribution in [2.45, 2.75) is 24.7 Å². The third-order valence-electron chi connectivity index (χ3n) is 1.91. The van der Waals surface area contributed by atoms with Gasteiger partial charge < -0.3 is 0 Å². The SMILES string of the molecule is CC(C)c1nc2c(S)cccc2s1. The largest absolute Gasteiger partial charge is 0.240 e. The summed E-state index contributed by atoms with van der Waals surface area (Å²) in [6.45, 7) is 4.33. The average Bonchev–Trinajstić information content (AvgIpc) is 2.49. The van der Waals surface area contributed by atoms with Gasteiger partial charge in [-0.2, -0.15) is 0 Å². The van der Waals surface area contributed by atoms with Crippen molar-refractivity contribution in [3.05, 3.63) is 23.2 Å². The Labute approximate surface area is 87.2 Å². The van der Waals surface area contributed by atoms with Crippen molar-refractivity contribution in [2.75, 3.05) is 0 Å². The van der Waals surface area contributed by atoms with Crippen LogP contribution in [0.1, 0.15) is 24.8 Å². The molecule has 0 N–H and O–H groups in total. The first-order valence-corrected chi connectivity index (χ1v) is 5.53. The Hall–Kier alpha value is -0.540. The second-order valence-electron chi connectivity index (χ2n) is 3.33. The summed E-state index contributed by atoms with van der Waals surface area (Å²) in [7, 11) is 0. The third kappa shape index (κ3) is 1.58. The molecule has 68 valence electrons. The van der Waals surface area contributed by atoms with Crippen LogP contribution >= 0.6 is 24.0 Å². The van der Waals surface area contributed by atoms with Crippen LogP contribution in [0.4, 0.5) is 0 Å². The van der Waals surface area contributed by atoms with Gasteiger partial charge >= 0.3 is 0 Å². The number of nitrogens with zero attached hydrogens (tertiary/aromatic N) is 1. The van der Waals surface area contributed by atoms with Gasteiger partial charge in [0.25, 0.3) is 0 Å². The molecule has 0 atom stereocenters. The number of hydrogen-bond acceptors (Lipinski definition) is 3. The molecule has 0 unspecified atom stereocenters. The van der Waals surface area contributed by atoms with Gasteiger partial charge in [-0.05, 0) is 12.1 Å². The standard InChI is InChI=1S/C10H11NS2/c1-6(2)10-11-9-7(12)4-3-5-8(9)13-10/h3-6,12H,1-2H3. The van der Waals surface area contributed by atoms with Gasteiger partial charge in [-0.25, -0.2) is 4.98 Å². The van der Waals surface area contributed by atoms with E-state index in [0.29, 0.717) is 5.92 Å². The Morgan fingerprint density at radius 1 is 1.38 bits per heavy atom. The van der Waals surface area contributed by atoms with E-state index in [2.05, 4.69) is 37.5 Å². The molecular weight excluding hydrogens is 198 g/mol. The number of hydrogen-bond donors (Lipinski definition) is 1. The molecule has 0 saturated heterocycles. The molecule has 3 heteroatoms. The lowest BCUT2D eigenvalue weighted by molar-refractivity contribution is 0.856.